The van der Waals surface area contributed by atoms with Crippen LogP contribution in [0.2, 0.25) is 0 Å². The first kappa shape index (κ1) is 36.4. The minimum atomic E-state index is -0.466. The average molecular weight is 806 g/mol. The van der Waals surface area contributed by atoms with Gasteiger partial charge in [-0.2, -0.15) is 0 Å². The summed E-state index contributed by atoms with van der Waals surface area (Å²) in [6.45, 7) is 4.79. The predicted molar refractivity (Wildman–Crippen MR) is 263 cm³/mol. The monoisotopic (exact) mass is 805 g/mol. The first-order valence-electron chi connectivity index (χ1n) is 22.8. The van der Waals surface area contributed by atoms with Crippen LogP contribution >= 0.6 is 0 Å². The summed E-state index contributed by atoms with van der Waals surface area (Å²) in [4.78, 5) is 2.58. The Balaban J connectivity index is 1.12. The van der Waals surface area contributed by atoms with Crippen molar-refractivity contribution in [2.24, 2.45) is 0 Å². The van der Waals surface area contributed by atoms with Crippen molar-refractivity contribution in [1.82, 2.24) is 0 Å². The van der Waals surface area contributed by atoms with E-state index in [4.69, 9.17) is 0 Å². The van der Waals surface area contributed by atoms with Crippen molar-refractivity contribution in [3.8, 4) is 55.6 Å². The van der Waals surface area contributed by atoms with Crippen molar-refractivity contribution in [2.45, 2.75) is 50.4 Å². The number of benzene rings is 9. The van der Waals surface area contributed by atoms with Crippen molar-refractivity contribution in [3.05, 3.63) is 245 Å². The number of aryl methyl sites for hydroxylation is 2. The minimum Gasteiger partial charge on any atom is -0.310 e. The molecule has 0 atom stereocenters. The van der Waals surface area contributed by atoms with Crippen LogP contribution in [-0.4, -0.2) is 0 Å². The lowest BCUT2D eigenvalue weighted by Gasteiger charge is -2.34. The van der Waals surface area contributed by atoms with Gasteiger partial charge in [-0.15, -0.1) is 0 Å². The molecule has 0 unspecified atom stereocenters. The summed E-state index contributed by atoms with van der Waals surface area (Å²) in [6, 6.07) is 76.3. The molecule has 63 heavy (non-hydrogen) atoms. The van der Waals surface area contributed by atoms with Crippen LogP contribution in [0.3, 0.4) is 0 Å². The third-order valence-electron chi connectivity index (χ3n) is 15.1. The molecule has 0 aliphatic heterocycles. The second-order valence-electron chi connectivity index (χ2n) is 18.6. The zero-order valence-electron chi connectivity index (χ0n) is 35.8. The Morgan fingerprint density at radius 2 is 0.841 bits per heavy atom. The van der Waals surface area contributed by atoms with Gasteiger partial charge < -0.3 is 4.90 Å². The van der Waals surface area contributed by atoms with Crippen molar-refractivity contribution in [2.75, 3.05) is 4.90 Å². The molecule has 4 aliphatic rings. The van der Waals surface area contributed by atoms with Gasteiger partial charge in [0.2, 0.25) is 0 Å². The van der Waals surface area contributed by atoms with Gasteiger partial charge in [-0.3, -0.25) is 0 Å². The molecule has 0 fully saturated rings. The van der Waals surface area contributed by atoms with E-state index in [1.165, 1.54) is 119 Å². The van der Waals surface area contributed by atoms with E-state index < -0.39 is 5.41 Å². The molecule has 9 aromatic rings. The molecule has 0 aromatic heterocycles. The lowest BCUT2D eigenvalue weighted by atomic mass is 9.70. The first-order valence-corrected chi connectivity index (χ1v) is 22.8. The lowest BCUT2D eigenvalue weighted by Crippen LogP contribution is -2.26. The van der Waals surface area contributed by atoms with Crippen molar-refractivity contribution >= 4 is 17.1 Å². The maximum absolute atomic E-state index is 2.60. The summed E-state index contributed by atoms with van der Waals surface area (Å²) < 4.78 is 0. The Labute approximate surface area is 371 Å². The molecule has 13 rings (SSSR count). The van der Waals surface area contributed by atoms with Crippen LogP contribution in [0, 0.1) is 0 Å². The third kappa shape index (κ3) is 5.17. The highest BCUT2D eigenvalue weighted by Gasteiger charge is 2.52. The van der Waals surface area contributed by atoms with Gasteiger partial charge in [0.25, 0.3) is 0 Å². The molecule has 0 heterocycles. The van der Waals surface area contributed by atoms with Crippen LogP contribution in [-0.2, 0) is 23.7 Å². The van der Waals surface area contributed by atoms with Gasteiger partial charge in [-0.1, -0.05) is 178 Å². The van der Waals surface area contributed by atoms with E-state index >= 15 is 0 Å². The number of anilines is 3. The molecular formula is C62H47N. The van der Waals surface area contributed by atoms with E-state index in [0.717, 1.165) is 24.2 Å². The molecule has 0 radical (unpaired) electrons. The van der Waals surface area contributed by atoms with E-state index in [1.54, 1.807) is 0 Å². The molecular weight excluding hydrogens is 759 g/mol. The maximum Gasteiger partial charge on any atom is 0.0726 e. The zero-order chi connectivity index (χ0) is 41.9. The summed E-state index contributed by atoms with van der Waals surface area (Å²) in [6.07, 6.45) is 4.81. The summed E-state index contributed by atoms with van der Waals surface area (Å²) >= 11 is 0. The molecule has 4 aliphatic carbocycles. The fraction of sp³-hybridized carbons (Fsp3) is 0.129. The van der Waals surface area contributed by atoms with Gasteiger partial charge in [0.05, 0.1) is 11.1 Å². The quantitative estimate of drug-likeness (QED) is 0.167. The van der Waals surface area contributed by atoms with Gasteiger partial charge in [-0.05, 0) is 157 Å². The standard InChI is InChI=1S/C62H47N/c1-61(2)54-24-12-8-20-47(54)51-35-34-46(37-58(51)61)63(45-32-30-42(31-33-45)40-16-4-3-5-17-40)60-39-59-53(38-52(60)44-29-28-41-18-6-7-19-43(41)36-44)50-23-11-15-27-57(50)62(59)55-25-13-9-21-48(55)49-22-10-14-26-56(49)62/h3-5,8-17,20-39H,6-7,18-19H2,1-2H3. The summed E-state index contributed by atoms with van der Waals surface area (Å²) in [7, 11) is 0. The van der Waals surface area contributed by atoms with Crippen molar-refractivity contribution in [1.29, 1.82) is 0 Å². The molecule has 1 nitrogen and oxygen atoms in total. The summed E-state index contributed by atoms with van der Waals surface area (Å²) in [5, 5.41) is 0. The Kier molecular flexibility index (Phi) is 7.89. The second-order valence-corrected chi connectivity index (χ2v) is 18.6. The molecule has 9 aromatic carbocycles. The van der Waals surface area contributed by atoms with Crippen LogP contribution in [0.25, 0.3) is 55.6 Å². The smallest absolute Gasteiger partial charge is 0.0726 e. The SMILES string of the molecule is CC1(C)c2ccccc2-c2ccc(N(c3ccc(-c4ccccc4)cc3)c3cc4c(cc3-c3ccc5c(c3)CCCC5)-c3ccccc3C43c4ccccc4-c4ccccc43)cc21. The largest absolute Gasteiger partial charge is 0.310 e. The summed E-state index contributed by atoms with van der Waals surface area (Å²) in [5.74, 6) is 0. The fourth-order valence-corrected chi connectivity index (χ4v) is 12.1. The van der Waals surface area contributed by atoms with Crippen LogP contribution in [0.4, 0.5) is 17.1 Å². The predicted octanol–water partition coefficient (Wildman–Crippen LogP) is 16.0. The van der Waals surface area contributed by atoms with Gasteiger partial charge in [-0.25, -0.2) is 0 Å². The van der Waals surface area contributed by atoms with Crippen molar-refractivity contribution < 1.29 is 0 Å². The van der Waals surface area contributed by atoms with Crippen molar-refractivity contribution in [3.63, 3.8) is 0 Å². The Morgan fingerprint density at radius 3 is 1.51 bits per heavy atom. The van der Waals surface area contributed by atoms with Crippen LogP contribution in [0.1, 0.15) is 71.2 Å². The highest BCUT2D eigenvalue weighted by molar-refractivity contribution is 6.00. The lowest BCUT2D eigenvalue weighted by molar-refractivity contribution is 0.660. The Hall–Kier alpha value is -7.22. The van der Waals surface area contributed by atoms with E-state index in [-0.39, 0.29) is 5.41 Å². The normalized spacial score (nSPS) is 15.1. The molecule has 0 saturated carbocycles. The minimum absolute atomic E-state index is 0.146. The highest BCUT2D eigenvalue weighted by atomic mass is 15.1. The summed E-state index contributed by atoms with van der Waals surface area (Å²) in [5.41, 5.74) is 27.0. The van der Waals surface area contributed by atoms with E-state index in [0.29, 0.717) is 0 Å². The number of hydrogen-bond donors (Lipinski definition) is 0. The number of rotatable bonds is 5. The van der Waals surface area contributed by atoms with E-state index in [2.05, 4.69) is 219 Å². The average Bonchev–Trinajstić information content (AvgIpc) is 3.90. The van der Waals surface area contributed by atoms with Crippen LogP contribution in [0.15, 0.2) is 200 Å². The van der Waals surface area contributed by atoms with Gasteiger partial charge in [0.1, 0.15) is 0 Å². The van der Waals surface area contributed by atoms with Gasteiger partial charge in [0, 0.05) is 22.4 Å². The maximum atomic E-state index is 2.60. The fourth-order valence-electron chi connectivity index (χ4n) is 12.1. The molecule has 0 N–H and O–H groups in total. The molecule has 0 amide bonds. The Bertz CT molecular complexity index is 3270. The third-order valence-corrected chi connectivity index (χ3v) is 15.1. The number of nitrogens with zero attached hydrogens (tertiary/aromatic N) is 1. The number of hydrogen-bond acceptors (Lipinski definition) is 1. The van der Waals surface area contributed by atoms with Gasteiger partial charge in [0.15, 0.2) is 0 Å². The molecule has 0 saturated heterocycles. The number of fused-ring (bicyclic) bond motifs is 14. The van der Waals surface area contributed by atoms with Gasteiger partial charge >= 0.3 is 0 Å². The first-order chi connectivity index (χ1) is 31.0. The molecule has 300 valence electrons. The van der Waals surface area contributed by atoms with E-state index in [9.17, 15) is 0 Å². The molecule has 1 spiro atoms. The van der Waals surface area contributed by atoms with E-state index in [1.807, 2.05) is 0 Å². The zero-order valence-corrected chi connectivity index (χ0v) is 35.8. The molecule has 1 heteroatoms. The Morgan fingerprint density at radius 1 is 0.333 bits per heavy atom. The second kappa shape index (κ2) is 13.6. The van der Waals surface area contributed by atoms with Crippen LogP contribution in [0.5, 0.6) is 0 Å². The van der Waals surface area contributed by atoms with Crippen LogP contribution < -0.4 is 4.90 Å². The molecule has 0 bridgehead atoms. The highest BCUT2D eigenvalue weighted by Crippen LogP contribution is 2.64. The topological polar surface area (TPSA) is 3.24 Å².